The molecule has 0 atom stereocenters. The summed E-state index contributed by atoms with van der Waals surface area (Å²) < 4.78 is 15.5. The van der Waals surface area contributed by atoms with Crippen molar-refractivity contribution in [1.82, 2.24) is 9.78 Å². The highest BCUT2D eigenvalue weighted by molar-refractivity contribution is 9.10. The van der Waals surface area contributed by atoms with Gasteiger partial charge in [-0.2, -0.15) is 5.10 Å². The summed E-state index contributed by atoms with van der Waals surface area (Å²) in [5.41, 5.74) is 1.76. The SMILES string of the molecule is O=C(CCCn1nc(-c2ccc(Br)cc2)ccc1=O)Nc1ccc(F)c(Cl)c1. The molecule has 28 heavy (non-hydrogen) atoms. The molecule has 1 aromatic heterocycles. The lowest BCUT2D eigenvalue weighted by molar-refractivity contribution is -0.116. The van der Waals surface area contributed by atoms with E-state index in [1.165, 1.54) is 28.9 Å². The molecule has 1 heterocycles. The molecular weight excluding hydrogens is 449 g/mol. The fourth-order valence-corrected chi connectivity index (χ4v) is 3.02. The molecule has 8 heteroatoms. The van der Waals surface area contributed by atoms with Gasteiger partial charge in [-0.1, -0.05) is 39.7 Å². The monoisotopic (exact) mass is 463 g/mol. The maximum Gasteiger partial charge on any atom is 0.266 e. The molecule has 0 radical (unpaired) electrons. The van der Waals surface area contributed by atoms with Crippen molar-refractivity contribution < 1.29 is 9.18 Å². The molecule has 0 spiro atoms. The normalized spacial score (nSPS) is 10.7. The number of nitrogens with zero attached hydrogens (tertiary/aromatic N) is 2. The van der Waals surface area contributed by atoms with E-state index in [1.54, 1.807) is 6.07 Å². The summed E-state index contributed by atoms with van der Waals surface area (Å²) in [6, 6.07) is 14.7. The van der Waals surface area contributed by atoms with Crippen LogP contribution >= 0.6 is 27.5 Å². The Bertz CT molecular complexity index is 1050. The molecule has 5 nitrogen and oxygen atoms in total. The third-order valence-electron chi connectivity index (χ3n) is 3.98. The number of nitrogens with one attached hydrogen (secondary N) is 1. The molecule has 1 N–H and O–H groups in total. The lowest BCUT2D eigenvalue weighted by Crippen LogP contribution is -2.23. The van der Waals surface area contributed by atoms with Gasteiger partial charge in [-0.05, 0) is 42.8 Å². The Morgan fingerprint density at radius 1 is 1.14 bits per heavy atom. The first-order valence-electron chi connectivity index (χ1n) is 8.51. The number of benzene rings is 2. The zero-order chi connectivity index (χ0) is 20.1. The second-order valence-corrected chi connectivity index (χ2v) is 7.39. The number of amides is 1. The Balaban J connectivity index is 1.60. The van der Waals surface area contributed by atoms with E-state index >= 15 is 0 Å². The van der Waals surface area contributed by atoms with Crippen LogP contribution in [-0.4, -0.2) is 15.7 Å². The minimum Gasteiger partial charge on any atom is -0.326 e. The van der Waals surface area contributed by atoms with Crippen molar-refractivity contribution in [2.45, 2.75) is 19.4 Å². The summed E-state index contributed by atoms with van der Waals surface area (Å²) in [5.74, 6) is -0.796. The van der Waals surface area contributed by atoms with E-state index in [-0.39, 0.29) is 22.9 Å². The van der Waals surface area contributed by atoms with Gasteiger partial charge in [-0.15, -0.1) is 0 Å². The van der Waals surface area contributed by atoms with Gasteiger partial charge >= 0.3 is 0 Å². The predicted molar refractivity (Wildman–Crippen MR) is 111 cm³/mol. The van der Waals surface area contributed by atoms with Crippen LogP contribution in [0.4, 0.5) is 10.1 Å². The first kappa shape index (κ1) is 20.2. The molecule has 0 aliphatic heterocycles. The average molecular weight is 465 g/mol. The van der Waals surface area contributed by atoms with Crippen molar-refractivity contribution in [1.29, 1.82) is 0 Å². The fraction of sp³-hybridized carbons (Fsp3) is 0.150. The summed E-state index contributed by atoms with van der Waals surface area (Å²) in [6.07, 6.45) is 0.614. The maximum atomic E-state index is 13.2. The molecule has 0 saturated carbocycles. The molecule has 0 fully saturated rings. The number of aryl methyl sites for hydroxylation is 1. The summed E-state index contributed by atoms with van der Waals surface area (Å²) in [6.45, 7) is 0.306. The Morgan fingerprint density at radius 2 is 1.89 bits per heavy atom. The average Bonchev–Trinajstić information content (AvgIpc) is 2.67. The molecule has 0 saturated heterocycles. The standard InChI is InChI=1S/C20H16BrClFN3O2/c21-14-5-3-13(4-6-14)18-9-10-20(28)26(25-18)11-1-2-19(27)24-15-7-8-17(23)16(22)12-15/h3-10,12H,1-2,11H2,(H,24,27). The van der Waals surface area contributed by atoms with E-state index in [2.05, 4.69) is 26.3 Å². The largest absolute Gasteiger partial charge is 0.326 e. The van der Waals surface area contributed by atoms with Crippen molar-refractivity contribution in [2.24, 2.45) is 0 Å². The number of hydrogen-bond donors (Lipinski definition) is 1. The van der Waals surface area contributed by atoms with Crippen LogP contribution in [0.3, 0.4) is 0 Å². The van der Waals surface area contributed by atoms with Crippen molar-refractivity contribution in [3.63, 3.8) is 0 Å². The molecule has 0 aliphatic carbocycles. The van der Waals surface area contributed by atoms with Crippen molar-refractivity contribution in [2.75, 3.05) is 5.32 Å². The molecule has 2 aromatic carbocycles. The minimum atomic E-state index is -0.546. The lowest BCUT2D eigenvalue weighted by atomic mass is 10.1. The van der Waals surface area contributed by atoms with Crippen LogP contribution in [-0.2, 0) is 11.3 Å². The second kappa shape index (κ2) is 9.12. The highest BCUT2D eigenvalue weighted by atomic mass is 79.9. The molecular formula is C20H16BrClFN3O2. The molecule has 3 aromatic rings. The van der Waals surface area contributed by atoms with Crippen LogP contribution < -0.4 is 10.9 Å². The van der Waals surface area contributed by atoms with Crippen LogP contribution in [0.25, 0.3) is 11.3 Å². The summed E-state index contributed by atoms with van der Waals surface area (Å²) in [7, 11) is 0. The van der Waals surface area contributed by atoms with Gasteiger partial charge in [0.2, 0.25) is 5.91 Å². The summed E-state index contributed by atoms with van der Waals surface area (Å²) in [5, 5.41) is 6.97. The lowest BCUT2D eigenvalue weighted by Gasteiger charge is -2.08. The van der Waals surface area contributed by atoms with Gasteiger partial charge in [-0.3, -0.25) is 9.59 Å². The van der Waals surface area contributed by atoms with E-state index in [4.69, 9.17) is 11.6 Å². The van der Waals surface area contributed by atoms with Gasteiger partial charge in [-0.25, -0.2) is 9.07 Å². The molecule has 3 rings (SSSR count). The maximum absolute atomic E-state index is 13.2. The molecule has 0 unspecified atom stereocenters. The Kier molecular flexibility index (Phi) is 6.59. The first-order valence-corrected chi connectivity index (χ1v) is 9.68. The van der Waals surface area contributed by atoms with Gasteiger partial charge in [0.15, 0.2) is 0 Å². The number of hydrogen-bond acceptors (Lipinski definition) is 3. The topological polar surface area (TPSA) is 64.0 Å². The molecule has 0 bridgehead atoms. The number of halogens is 3. The zero-order valence-corrected chi connectivity index (χ0v) is 17.0. The van der Waals surface area contributed by atoms with Crippen molar-refractivity contribution >= 4 is 39.1 Å². The van der Waals surface area contributed by atoms with E-state index in [9.17, 15) is 14.0 Å². The minimum absolute atomic E-state index is 0.0571. The first-order chi connectivity index (χ1) is 13.4. The predicted octanol–water partition coefficient (Wildman–Crippen LogP) is 4.88. The van der Waals surface area contributed by atoms with Gasteiger partial charge in [0.25, 0.3) is 5.56 Å². The molecule has 0 aliphatic rings. The summed E-state index contributed by atoms with van der Waals surface area (Å²) >= 11 is 9.08. The van der Waals surface area contributed by atoms with E-state index < -0.39 is 5.82 Å². The van der Waals surface area contributed by atoms with Crippen molar-refractivity contribution in [3.8, 4) is 11.3 Å². The third-order valence-corrected chi connectivity index (χ3v) is 4.80. The van der Waals surface area contributed by atoms with Gasteiger partial charge in [0.1, 0.15) is 5.82 Å². The summed E-state index contributed by atoms with van der Waals surface area (Å²) in [4.78, 5) is 24.1. The number of aromatic nitrogens is 2. The van der Waals surface area contributed by atoms with Crippen LogP contribution in [0.15, 0.2) is 63.9 Å². The van der Waals surface area contributed by atoms with Crippen LogP contribution in [0.2, 0.25) is 5.02 Å². The van der Waals surface area contributed by atoms with Crippen LogP contribution in [0.5, 0.6) is 0 Å². The van der Waals surface area contributed by atoms with E-state index in [0.717, 1.165) is 10.0 Å². The Hall–Kier alpha value is -2.51. The Labute approximate surface area is 174 Å². The van der Waals surface area contributed by atoms with Gasteiger partial charge < -0.3 is 5.32 Å². The van der Waals surface area contributed by atoms with Crippen LogP contribution in [0, 0.1) is 5.82 Å². The number of carbonyl (C=O) groups excluding carboxylic acids is 1. The fourth-order valence-electron chi connectivity index (χ4n) is 2.57. The zero-order valence-electron chi connectivity index (χ0n) is 14.7. The number of rotatable bonds is 6. The van der Waals surface area contributed by atoms with Crippen molar-refractivity contribution in [3.05, 3.63) is 80.3 Å². The Morgan fingerprint density at radius 3 is 2.61 bits per heavy atom. The number of carbonyl (C=O) groups is 1. The highest BCUT2D eigenvalue weighted by Gasteiger charge is 2.07. The van der Waals surface area contributed by atoms with Gasteiger partial charge in [0.05, 0.1) is 10.7 Å². The third kappa shape index (κ3) is 5.27. The molecule has 1 amide bonds. The molecule has 144 valence electrons. The number of anilines is 1. The second-order valence-electron chi connectivity index (χ2n) is 6.07. The quantitative estimate of drug-likeness (QED) is 0.565. The van der Waals surface area contributed by atoms with E-state index in [1.807, 2.05) is 24.3 Å². The smallest absolute Gasteiger partial charge is 0.266 e. The van der Waals surface area contributed by atoms with E-state index in [0.29, 0.717) is 24.3 Å². The van der Waals surface area contributed by atoms with Gasteiger partial charge in [0, 0.05) is 34.8 Å². The highest BCUT2D eigenvalue weighted by Crippen LogP contribution is 2.20. The van der Waals surface area contributed by atoms with Crippen LogP contribution in [0.1, 0.15) is 12.8 Å².